The molecule has 1 unspecified atom stereocenters. The van der Waals surface area contributed by atoms with Gasteiger partial charge in [-0.2, -0.15) is 0 Å². The van der Waals surface area contributed by atoms with Crippen molar-refractivity contribution in [3.05, 3.63) is 81.2 Å². The number of benzene rings is 2. The third kappa shape index (κ3) is 3.66. The Balaban J connectivity index is 1.99. The Hall–Kier alpha value is -3.56. The quantitative estimate of drug-likeness (QED) is 0.277. The molecule has 1 amide bonds. The van der Waals surface area contributed by atoms with Crippen LogP contribution in [0.2, 0.25) is 10.0 Å². The molecule has 2 heterocycles. The first-order chi connectivity index (χ1) is 16.2. The van der Waals surface area contributed by atoms with Gasteiger partial charge in [0, 0.05) is 11.8 Å². The monoisotopic (exact) mass is 509 g/mol. The summed E-state index contributed by atoms with van der Waals surface area (Å²) in [4.78, 5) is 27.0. The fraction of sp³-hybridized carbons (Fsp3) is 0.130. The lowest BCUT2D eigenvalue weighted by Crippen LogP contribution is -2.29. The minimum atomic E-state index is -1.32. The number of Topliss-reactive ketones (excluding diaryl/α,β-unsaturated/α-hetero) is 1. The maximum Gasteiger partial charge on any atom is 0.300 e. The fourth-order valence-electron chi connectivity index (χ4n) is 3.74. The van der Waals surface area contributed by atoms with Crippen molar-refractivity contribution in [2.24, 2.45) is 0 Å². The summed E-state index contributed by atoms with van der Waals surface area (Å²) in [5, 5.41) is 11.2. The van der Waals surface area contributed by atoms with E-state index >= 15 is 0 Å². The number of hydrogen-bond acceptors (Lipinski definition) is 6. The number of rotatable bonds is 5. The number of anilines is 1. The molecule has 0 radical (unpaired) electrons. The molecule has 1 fully saturated rings. The average Bonchev–Trinajstić information content (AvgIpc) is 3.42. The lowest BCUT2D eigenvalue weighted by molar-refractivity contribution is -0.132. The lowest BCUT2D eigenvalue weighted by atomic mass is 9.98. The van der Waals surface area contributed by atoms with Crippen LogP contribution in [-0.4, -0.2) is 31.0 Å². The highest BCUT2D eigenvalue weighted by Gasteiger charge is 2.49. The molecule has 176 valence electrons. The number of methoxy groups -OCH3 is 2. The first-order valence-electron chi connectivity index (χ1n) is 9.61. The van der Waals surface area contributed by atoms with E-state index in [-0.39, 0.29) is 38.6 Å². The molecule has 1 aliphatic rings. The fourth-order valence-corrected chi connectivity index (χ4v) is 4.43. The summed E-state index contributed by atoms with van der Waals surface area (Å²) in [5.41, 5.74) is -0.627. The van der Waals surface area contributed by atoms with E-state index in [1.165, 1.54) is 38.7 Å². The molecule has 4 rings (SSSR count). The largest absolute Gasteiger partial charge is 0.507 e. The maximum atomic E-state index is 14.0. The molecule has 2 aromatic carbocycles. The number of amides is 1. The van der Waals surface area contributed by atoms with Crippen molar-refractivity contribution in [2.75, 3.05) is 19.1 Å². The van der Waals surface area contributed by atoms with Gasteiger partial charge in [-0.05, 0) is 30.3 Å². The Kier molecular flexibility index (Phi) is 6.24. The summed E-state index contributed by atoms with van der Waals surface area (Å²) in [5.74, 6) is -5.16. The van der Waals surface area contributed by atoms with Crippen LogP contribution >= 0.6 is 23.2 Å². The molecule has 1 atom stereocenters. The number of halogens is 4. The molecular weight excluding hydrogens is 495 g/mol. The zero-order valence-electron chi connectivity index (χ0n) is 17.6. The molecule has 1 aromatic heterocycles. The first kappa shape index (κ1) is 23.6. The van der Waals surface area contributed by atoms with Gasteiger partial charge in [-0.3, -0.25) is 14.5 Å². The molecule has 0 saturated carbocycles. The van der Waals surface area contributed by atoms with Gasteiger partial charge in [-0.25, -0.2) is 8.78 Å². The highest BCUT2D eigenvalue weighted by molar-refractivity contribution is 6.51. The van der Waals surface area contributed by atoms with Gasteiger partial charge in [0.25, 0.3) is 11.7 Å². The van der Waals surface area contributed by atoms with Gasteiger partial charge >= 0.3 is 0 Å². The Morgan fingerprint density at radius 2 is 1.76 bits per heavy atom. The molecule has 0 aliphatic carbocycles. The van der Waals surface area contributed by atoms with Crippen molar-refractivity contribution in [2.45, 2.75) is 6.04 Å². The minimum Gasteiger partial charge on any atom is -0.507 e. The molecule has 1 saturated heterocycles. The van der Waals surface area contributed by atoms with Crippen LogP contribution in [0.25, 0.3) is 5.76 Å². The summed E-state index contributed by atoms with van der Waals surface area (Å²) in [6.07, 6.45) is 1.29. The third-order valence-corrected chi connectivity index (χ3v) is 5.86. The van der Waals surface area contributed by atoms with E-state index in [9.17, 15) is 23.5 Å². The summed E-state index contributed by atoms with van der Waals surface area (Å²) >= 11 is 12.5. The van der Waals surface area contributed by atoms with E-state index in [2.05, 4.69) is 0 Å². The minimum absolute atomic E-state index is 0.000710. The van der Waals surface area contributed by atoms with Crippen LogP contribution in [0, 0.1) is 11.6 Å². The SMILES string of the molecule is COc1c(Cl)cc(/C(O)=C2/C(=O)C(=O)N(c3ccc(F)c(F)c3)C2c2ccco2)c(OC)c1Cl. The third-order valence-electron chi connectivity index (χ3n) is 5.23. The van der Waals surface area contributed by atoms with Gasteiger partial charge < -0.3 is 19.0 Å². The second-order valence-corrected chi connectivity index (χ2v) is 7.85. The summed E-state index contributed by atoms with van der Waals surface area (Å²) in [6.45, 7) is 0. The van der Waals surface area contributed by atoms with E-state index in [0.717, 1.165) is 23.1 Å². The van der Waals surface area contributed by atoms with E-state index in [0.29, 0.717) is 0 Å². The summed E-state index contributed by atoms with van der Waals surface area (Å²) < 4.78 is 43.3. The van der Waals surface area contributed by atoms with Crippen molar-refractivity contribution in [1.29, 1.82) is 0 Å². The zero-order valence-corrected chi connectivity index (χ0v) is 19.1. The van der Waals surface area contributed by atoms with Gasteiger partial charge in [0.2, 0.25) is 0 Å². The van der Waals surface area contributed by atoms with Gasteiger partial charge in [-0.1, -0.05) is 23.2 Å². The highest BCUT2D eigenvalue weighted by atomic mass is 35.5. The molecule has 7 nitrogen and oxygen atoms in total. The van der Waals surface area contributed by atoms with Gasteiger partial charge in [0.1, 0.15) is 22.6 Å². The number of nitrogens with zero attached hydrogens (tertiary/aromatic N) is 1. The van der Waals surface area contributed by atoms with Crippen LogP contribution in [0.1, 0.15) is 17.4 Å². The molecular formula is C23H15Cl2F2NO6. The second kappa shape index (κ2) is 9.00. The molecule has 0 spiro atoms. The van der Waals surface area contributed by atoms with Crippen LogP contribution in [-0.2, 0) is 9.59 Å². The normalized spacial score (nSPS) is 17.4. The predicted octanol–water partition coefficient (Wildman–Crippen LogP) is 5.51. The Labute approximate surface area is 201 Å². The lowest BCUT2D eigenvalue weighted by Gasteiger charge is -2.23. The van der Waals surface area contributed by atoms with Crippen molar-refractivity contribution < 1.29 is 37.4 Å². The van der Waals surface area contributed by atoms with Crippen LogP contribution in [0.15, 0.2) is 52.7 Å². The van der Waals surface area contributed by atoms with Crippen LogP contribution in [0.3, 0.4) is 0 Å². The zero-order chi connectivity index (χ0) is 24.7. The van der Waals surface area contributed by atoms with E-state index in [1.807, 2.05) is 0 Å². The topological polar surface area (TPSA) is 89.2 Å². The highest BCUT2D eigenvalue weighted by Crippen LogP contribution is 2.48. The Morgan fingerprint density at radius 3 is 2.35 bits per heavy atom. The molecule has 11 heteroatoms. The van der Waals surface area contributed by atoms with Crippen molar-refractivity contribution in [3.63, 3.8) is 0 Å². The molecule has 1 aliphatic heterocycles. The van der Waals surface area contributed by atoms with Crippen LogP contribution < -0.4 is 14.4 Å². The van der Waals surface area contributed by atoms with Crippen molar-refractivity contribution in [3.8, 4) is 11.5 Å². The van der Waals surface area contributed by atoms with Gasteiger partial charge in [-0.15, -0.1) is 0 Å². The standard InChI is InChI=1S/C23H15Cl2F2NO6/c1-32-21-11(9-12(24)22(33-2)17(21)25)19(29)16-18(15-4-3-7-34-15)28(23(31)20(16)30)10-5-6-13(26)14(27)8-10/h3-9,18,29H,1-2H3/b19-16-. The number of carbonyl (C=O) groups excluding carboxylic acids is 2. The Bertz CT molecular complexity index is 1340. The summed E-state index contributed by atoms with van der Waals surface area (Å²) in [6, 6.07) is 5.60. The average molecular weight is 510 g/mol. The number of aliphatic hydroxyl groups is 1. The second-order valence-electron chi connectivity index (χ2n) is 7.07. The number of carbonyl (C=O) groups is 2. The summed E-state index contributed by atoms with van der Waals surface area (Å²) in [7, 11) is 2.60. The predicted molar refractivity (Wildman–Crippen MR) is 119 cm³/mol. The number of ether oxygens (including phenoxy) is 2. The van der Waals surface area contributed by atoms with Crippen LogP contribution in [0.5, 0.6) is 11.5 Å². The number of furan rings is 1. The smallest absolute Gasteiger partial charge is 0.300 e. The molecule has 34 heavy (non-hydrogen) atoms. The van der Waals surface area contributed by atoms with Crippen molar-refractivity contribution in [1.82, 2.24) is 0 Å². The molecule has 1 N–H and O–H groups in total. The van der Waals surface area contributed by atoms with Crippen LogP contribution in [0.4, 0.5) is 14.5 Å². The molecule has 3 aromatic rings. The first-order valence-corrected chi connectivity index (χ1v) is 10.4. The van der Waals surface area contributed by atoms with E-state index in [1.54, 1.807) is 0 Å². The number of aliphatic hydroxyl groups excluding tert-OH is 1. The van der Waals surface area contributed by atoms with Crippen molar-refractivity contribution >= 4 is 46.3 Å². The number of hydrogen-bond donors (Lipinski definition) is 1. The maximum absolute atomic E-state index is 14.0. The van der Waals surface area contributed by atoms with Gasteiger partial charge in [0.05, 0.1) is 36.6 Å². The molecule has 0 bridgehead atoms. The van der Waals surface area contributed by atoms with E-state index < -0.39 is 40.7 Å². The van der Waals surface area contributed by atoms with E-state index in [4.69, 9.17) is 37.1 Å². The van der Waals surface area contributed by atoms with Gasteiger partial charge in [0.15, 0.2) is 23.1 Å². The Morgan fingerprint density at radius 1 is 1.06 bits per heavy atom. The number of ketones is 1.